The zero-order valence-corrected chi connectivity index (χ0v) is 14.9. The van der Waals surface area contributed by atoms with Crippen molar-refractivity contribution in [2.75, 3.05) is 5.32 Å². The second-order valence-corrected chi connectivity index (χ2v) is 6.35. The third kappa shape index (κ3) is 4.07. The van der Waals surface area contributed by atoms with Gasteiger partial charge in [0, 0.05) is 12.3 Å². The molecule has 5 nitrogen and oxygen atoms in total. The Morgan fingerprint density at radius 3 is 2.56 bits per heavy atom. The summed E-state index contributed by atoms with van der Waals surface area (Å²) in [7, 11) is 0. The molecule has 128 valence electrons. The monoisotopic (exact) mass is 396 g/mol. The number of nitrogens with zero attached hydrogens (tertiary/aromatic N) is 1. The number of anilines is 1. The van der Waals surface area contributed by atoms with Gasteiger partial charge in [-0.3, -0.25) is 9.59 Å². The van der Waals surface area contributed by atoms with E-state index in [4.69, 9.17) is 39.2 Å². The predicted octanol–water partition coefficient (Wildman–Crippen LogP) is 4.70. The number of halogens is 3. The van der Waals surface area contributed by atoms with Gasteiger partial charge in [0.25, 0.3) is 11.5 Å². The van der Waals surface area contributed by atoms with Crippen molar-refractivity contribution >= 4 is 46.4 Å². The molecule has 1 N–H and O–H groups in total. The third-order valence-corrected chi connectivity index (χ3v) is 4.40. The van der Waals surface area contributed by atoms with Crippen LogP contribution < -0.4 is 10.9 Å². The molecule has 0 saturated carbocycles. The number of aromatic nitrogens is 1. The first-order valence-electron chi connectivity index (χ1n) is 7.14. The van der Waals surface area contributed by atoms with E-state index < -0.39 is 5.91 Å². The minimum atomic E-state index is -0.494. The molecule has 1 amide bonds. The van der Waals surface area contributed by atoms with Gasteiger partial charge in [0.1, 0.15) is 5.76 Å². The maximum Gasteiger partial charge on any atom is 0.291 e. The van der Waals surface area contributed by atoms with Crippen molar-refractivity contribution < 1.29 is 9.21 Å². The van der Waals surface area contributed by atoms with Crippen molar-refractivity contribution in [3.8, 4) is 0 Å². The highest BCUT2D eigenvalue weighted by molar-refractivity contribution is 6.44. The Hall–Kier alpha value is -2.21. The van der Waals surface area contributed by atoms with Crippen molar-refractivity contribution in [3.63, 3.8) is 0 Å². The summed E-state index contributed by atoms with van der Waals surface area (Å²) in [4.78, 5) is 24.0. The first kappa shape index (κ1) is 17.6. The summed E-state index contributed by atoms with van der Waals surface area (Å²) in [6.45, 7) is 0.223. The van der Waals surface area contributed by atoms with Crippen LogP contribution in [0.4, 0.5) is 5.69 Å². The van der Waals surface area contributed by atoms with E-state index in [1.165, 1.54) is 28.8 Å². The molecule has 3 aromatic rings. The molecule has 0 aliphatic heterocycles. The van der Waals surface area contributed by atoms with Crippen LogP contribution in [0.2, 0.25) is 15.1 Å². The number of hydrogen-bond acceptors (Lipinski definition) is 3. The number of pyridine rings is 1. The van der Waals surface area contributed by atoms with Crippen molar-refractivity contribution in [1.29, 1.82) is 0 Å². The smallest absolute Gasteiger partial charge is 0.291 e. The Morgan fingerprint density at radius 1 is 1.04 bits per heavy atom. The lowest BCUT2D eigenvalue weighted by Gasteiger charge is -2.07. The molecule has 0 saturated heterocycles. The maximum absolute atomic E-state index is 12.3. The fraction of sp³-hybridized carbons (Fsp3) is 0.0588. The molecule has 0 bridgehead atoms. The van der Waals surface area contributed by atoms with Crippen molar-refractivity contribution in [3.05, 3.63) is 85.6 Å². The average Bonchev–Trinajstić information content (AvgIpc) is 3.03. The summed E-state index contributed by atoms with van der Waals surface area (Å²) >= 11 is 17.8. The van der Waals surface area contributed by atoms with Crippen LogP contribution >= 0.6 is 34.8 Å². The standard InChI is InChI=1S/C17H11Cl3N2O3/c18-11-7-13(20)14(8-12(11)19)21-17(24)15-5-4-10(25-15)9-22-6-2-1-3-16(22)23/h1-8H,9H2,(H,21,24). The molecule has 0 radical (unpaired) electrons. The van der Waals surface area contributed by atoms with E-state index in [0.29, 0.717) is 16.5 Å². The van der Waals surface area contributed by atoms with Crippen LogP contribution in [0.1, 0.15) is 16.3 Å². The topological polar surface area (TPSA) is 64.2 Å². The SMILES string of the molecule is O=C(Nc1cc(Cl)c(Cl)cc1Cl)c1ccc(Cn2ccccc2=O)o1. The summed E-state index contributed by atoms with van der Waals surface area (Å²) in [5.41, 5.74) is 0.158. The van der Waals surface area contributed by atoms with Crippen LogP contribution in [0.5, 0.6) is 0 Å². The molecule has 0 fully saturated rings. The van der Waals surface area contributed by atoms with Gasteiger partial charge in [-0.05, 0) is 30.3 Å². The van der Waals surface area contributed by atoms with Gasteiger partial charge < -0.3 is 14.3 Å². The fourth-order valence-electron chi connectivity index (χ4n) is 2.15. The molecule has 1 aromatic carbocycles. The summed E-state index contributed by atoms with van der Waals surface area (Å²) < 4.78 is 6.97. The zero-order chi connectivity index (χ0) is 18.0. The number of benzene rings is 1. The van der Waals surface area contributed by atoms with Gasteiger partial charge >= 0.3 is 0 Å². The highest BCUT2D eigenvalue weighted by Crippen LogP contribution is 2.32. The first-order chi connectivity index (χ1) is 11.9. The maximum atomic E-state index is 12.3. The highest BCUT2D eigenvalue weighted by Gasteiger charge is 2.15. The van der Waals surface area contributed by atoms with Crippen molar-refractivity contribution in [2.45, 2.75) is 6.54 Å². The molecule has 0 aliphatic rings. The molecule has 3 rings (SSSR count). The average molecular weight is 398 g/mol. The summed E-state index contributed by atoms with van der Waals surface area (Å²) in [5, 5.41) is 3.42. The normalized spacial score (nSPS) is 10.7. The minimum Gasteiger partial charge on any atom is -0.454 e. The molecule has 0 atom stereocenters. The zero-order valence-electron chi connectivity index (χ0n) is 12.6. The largest absolute Gasteiger partial charge is 0.454 e. The summed E-state index contributed by atoms with van der Waals surface area (Å²) in [6.07, 6.45) is 1.64. The molecule has 0 aliphatic carbocycles. The predicted molar refractivity (Wildman–Crippen MR) is 97.9 cm³/mol. The molecule has 0 spiro atoms. The van der Waals surface area contributed by atoms with Crippen molar-refractivity contribution in [2.24, 2.45) is 0 Å². The van der Waals surface area contributed by atoms with E-state index in [9.17, 15) is 9.59 Å². The first-order valence-corrected chi connectivity index (χ1v) is 8.27. The van der Waals surface area contributed by atoms with Crippen LogP contribution in [0.3, 0.4) is 0 Å². The molecular formula is C17H11Cl3N2O3. The van der Waals surface area contributed by atoms with E-state index in [1.807, 2.05) is 0 Å². The Labute approximate surface area is 157 Å². The Balaban J connectivity index is 1.76. The molecule has 2 heterocycles. The number of rotatable bonds is 4. The van der Waals surface area contributed by atoms with E-state index >= 15 is 0 Å². The number of carbonyl (C=O) groups is 1. The Morgan fingerprint density at radius 2 is 1.80 bits per heavy atom. The molecule has 2 aromatic heterocycles. The van der Waals surface area contributed by atoms with Crippen molar-refractivity contribution in [1.82, 2.24) is 4.57 Å². The third-order valence-electron chi connectivity index (χ3n) is 3.37. The number of amides is 1. The van der Waals surface area contributed by atoms with E-state index in [0.717, 1.165) is 0 Å². The Kier molecular flexibility index (Phi) is 5.18. The quantitative estimate of drug-likeness (QED) is 0.649. The second-order valence-electron chi connectivity index (χ2n) is 5.13. The van der Waals surface area contributed by atoms with E-state index in [2.05, 4.69) is 5.32 Å². The molecule has 25 heavy (non-hydrogen) atoms. The van der Waals surface area contributed by atoms with Crippen LogP contribution in [-0.4, -0.2) is 10.5 Å². The lowest BCUT2D eigenvalue weighted by Crippen LogP contribution is -2.18. The van der Waals surface area contributed by atoms with Crippen LogP contribution in [0.25, 0.3) is 0 Å². The van der Waals surface area contributed by atoms with Gasteiger partial charge in [0.2, 0.25) is 0 Å². The molecule has 0 unspecified atom stereocenters. The van der Waals surface area contributed by atoms with E-state index in [1.54, 1.807) is 24.4 Å². The number of furan rings is 1. The number of nitrogens with one attached hydrogen (secondary N) is 1. The molecular weight excluding hydrogens is 387 g/mol. The van der Waals surface area contributed by atoms with Crippen LogP contribution in [0.15, 0.2) is 57.9 Å². The summed E-state index contributed by atoms with van der Waals surface area (Å²) in [6, 6.07) is 10.9. The van der Waals surface area contributed by atoms with Gasteiger partial charge in [-0.25, -0.2) is 0 Å². The fourth-order valence-corrected chi connectivity index (χ4v) is 2.74. The van der Waals surface area contributed by atoms with E-state index in [-0.39, 0.29) is 27.9 Å². The van der Waals surface area contributed by atoms with Gasteiger partial charge in [-0.2, -0.15) is 0 Å². The minimum absolute atomic E-state index is 0.0844. The van der Waals surface area contributed by atoms with Gasteiger partial charge in [0.15, 0.2) is 5.76 Å². The number of hydrogen-bond donors (Lipinski definition) is 1. The lowest BCUT2D eigenvalue weighted by atomic mass is 10.3. The highest BCUT2D eigenvalue weighted by atomic mass is 35.5. The van der Waals surface area contributed by atoms with Gasteiger partial charge in [-0.1, -0.05) is 40.9 Å². The molecule has 8 heteroatoms. The lowest BCUT2D eigenvalue weighted by molar-refractivity contribution is 0.0994. The van der Waals surface area contributed by atoms with Gasteiger partial charge in [-0.15, -0.1) is 0 Å². The second kappa shape index (κ2) is 7.35. The van der Waals surface area contributed by atoms with Gasteiger partial charge in [0.05, 0.1) is 27.3 Å². The summed E-state index contributed by atoms with van der Waals surface area (Å²) in [5.74, 6) is 0.0618. The van der Waals surface area contributed by atoms with Crippen LogP contribution in [0, 0.1) is 0 Å². The van der Waals surface area contributed by atoms with Crippen LogP contribution in [-0.2, 0) is 6.54 Å². The Bertz CT molecular complexity index is 995. The number of carbonyl (C=O) groups excluding carboxylic acids is 1.